The van der Waals surface area contributed by atoms with Gasteiger partial charge in [0, 0.05) is 24.4 Å². The molecule has 1 fully saturated rings. The van der Waals surface area contributed by atoms with Crippen LogP contribution in [-0.4, -0.2) is 39.9 Å². The summed E-state index contributed by atoms with van der Waals surface area (Å²) >= 11 is 1.46. The highest BCUT2D eigenvalue weighted by Crippen LogP contribution is 2.19. The molecule has 18 heavy (non-hydrogen) atoms. The third-order valence-electron chi connectivity index (χ3n) is 3.08. The number of hydrogen-bond acceptors (Lipinski definition) is 5. The molecule has 1 aliphatic rings. The summed E-state index contributed by atoms with van der Waals surface area (Å²) in [5, 5.41) is 14.4. The van der Waals surface area contributed by atoms with E-state index in [0.29, 0.717) is 18.8 Å². The molecule has 1 atom stereocenters. The number of nitrogens with zero attached hydrogens (tertiary/aromatic N) is 3. The average Bonchev–Trinajstić information content (AvgIpc) is 2.83. The van der Waals surface area contributed by atoms with E-state index in [9.17, 15) is 4.79 Å². The second-order valence-electron chi connectivity index (χ2n) is 4.37. The van der Waals surface area contributed by atoms with Gasteiger partial charge in [-0.2, -0.15) is 0 Å². The molecule has 7 heteroatoms. The highest BCUT2D eigenvalue weighted by Gasteiger charge is 2.27. The normalized spacial score (nSPS) is 21.1. The number of aromatic nitrogens is 1. The van der Waals surface area contributed by atoms with Gasteiger partial charge in [-0.05, 0) is 19.8 Å². The number of aryl methyl sites for hydroxylation is 1. The van der Waals surface area contributed by atoms with Crippen LogP contribution < -0.4 is 5.73 Å². The Bertz CT molecular complexity index is 471. The molecule has 98 valence electrons. The van der Waals surface area contributed by atoms with Crippen molar-refractivity contribution in [3.8, 4) is 0 Å². The summed E-state index contributed by atoms with van der Waals surface area (Å²) in [5.74, 6) is 0.0594. The quantitative estimate of drug-likeness (QED) is 0.363. The Morgan fingerprint density at radius 3 is 3.11 bits per heavy atom. The zero-order valence-electron chi connectivity index (χ0n) is 10.2. The van der Waals surface area contributed by atoms with E-state index in [2.05, 4.69) is 10.1 Å². The van der Waals surface area contributed by atoms with Crippen LogP contribution in [0.15, 0.2) is 10.5 Å². The monoisotopic (exact) mass is 268 g/mol. The molecule has 1 aromatic heterocycles. The lowest BCUT2D eigenvalue weighted by atomic mass is 9.97. The van der Waals surface area contributed by atoms with Crippen molar-refractivity contribution in [2.24, 2.45) is 16.8 Å². The Morgan fingerprint density at radius 1 is 1.72 bits per heavy atom. The minimum Gasteiger partial charge on any atom is -0.409 e. The second kappa shape index (κ2) is 5.34. The summed E-state index contributed by atoms with van der Waals surface area (Å²) in [7, 11) is 0. The molecule has 0 bridgehead atoms. The number of piperidine rings is 1. The van der Waals surface area contributed by atoms with Crippen molar-refractivity contribution in [2.45, 2.75) is 19.8 Å². The van der Waals surface area contributed by atoms with Gasteiger partial charge in [0.05, 0.1) is 5.01 Å². The number of thiazole rings is 1. The molecule has 1 aromatic rings. The fourth-order valence-corrected chi connectivity index (χ4v) is 2.70. The number of rotatable bonds is 2. The summed E-state index contributed by atoms with van der Waals surface area (Å²) in [5.41, 5.74) is 6.09. The Labute approximate surface area is 109 Å². The van der Waals surface area contributed by atoms with Crippen LogP contribution in [0.2, 0.25) is 0 Å². The van der Waals surface area contributed by atoms with Gasteiger partial charge < -0.3 is 15.8 Å². The first kappa shape index (κ1) is 12.8. The molecule has 6 nitrogen and oxygen atoms in total. The van der Waals surface area contributed by atoms with Crippen LogP contribution in [0.5, 0.6) is 0 Å². The van der Waals surface area contributed by atoms with Gasteiger partial charge in [0.1, 0.15) is 11.5 Å². The van der Waals surface area contributed by atoms with Gasteiger partial charge in [0.15, 0.2) is 0 Å². The lowest BCUT2D eigenvalue weighted by Gasteiger charge is -2.31. The Kier molecular flexibility index (Phi) is 3.81. The van der Waals surface area contributed by atoms with E-state index in [0.717, 1.165) is 17.8 Å². The van der Waals surface area contributed by atoms with Crippen molar-refractivity contribution in [3.63, 3.8) is 0 Å². The second-order valence-corrected chi connectivity index (χ2v) is 5.43. The predicted molar refractivity (Wildman–Crippen MR) is 68.9 cm³/mol. The summed E-state index contributed by atoms with van der Waals surface area (Å²) in [6, 6.07) is 0. The minimum atomic E-state index is -0.0743. The van der Waals surface area contributed by atoms with Crippen molar-refractivity contribution >= 4 is 23.1 Å². The number of nitrogens with two attached hydrogens (primary N) is 1. The maximum absolute atomic E-state index is 12.2. The van der Waals surface area contributed by atoms with Gasteiger partial charge in [0.25, 0.3) is 5.91 Å². The lowest BCUT2D eigenvalue weighted by Crippen LogP contribution is -2.44. The number of carbonyl (C=O) groups is 1. The molecule has 0 aliphatic carbocycles. The number of amidine groups is 1. The molecule has 1 amide bonds. The molecule has 1 unspecified atom stereocenters. The fourth-order valence-electron chi connectivity index (χ4n) is 2.11. The van der Waals surface area contributed by atoms with E-state index in [1.165, 1.54) is 11.3 Å². The Hall–Kier alpha value is -1.63. The van der Waals surface area contributed by atoms with Crippen molar-refractivity contribution in [1.29, 1.82) is 0 Å². The SMILES string of the molecule is Cc1nc(C(=O)N2CCCC(C(N)=NO)C2)cs1. The molecule has 0 saturated carbocycles. The number of hydrogen-bond donors (Lipinski definition) is 2. The topological polar surface area (TPSA) is 91.8 Å². The largest absolute Gasteiger partial charge is 0.409 e. The summed E-state index contributed by atoms with van der Waals surface area (Å²) in [6.07, 6.45) is 1.70. The summed E-state index contributed by atoms with van der Waals surface area (Å²) < 4.78 is 0. The standard InChI is InChI=1S/C11H16N4O2S/c1-7-13-9(6-18-7)11(16)15-4-2-3-8(5-15)10(12)14-17/h6,8,17H,2-5H2,1H3,(H2,12,14). The van der Waals surface area contributed by atoms with Crippen LogP contribution in [-0.2, 0) is 0 Å². The third-order valence-corrected chi connectivity index (χ3v) is 3.85. The van der Waals surface area contributed by atoms with E-state index in [1.54, 1.807) is 10.3 Å². The molecule has 0 spiro atoms. The molecule has 0 aromatic carbocycles. The Morgan fingerprint density at radius 2 is 2.50 bits per heavy atom. The molecule has 2 rings (SSSR count). The maximum Gasteiger partial charge on any atom is 0.273 e. The van der Waals surface area contributed by atoms with E-state index in [-0.39, 0.29) is 17.7 Å². The molecule has 1 saturated heterocycles. The van der Waals surface area contributed by atoms with Crippen molar-refractivity contribution in [3.05, 3.63) is 16.1 Å². The van der Waals surface area contributed by atoms with Crippen molar-refractivity contribution in [1.82, 2.24) is 9.88 Å². The van der Waals surface area contributed by atoms with Gasteiger partial charge in [-0.15, -0.1) is 11.3 Å². The van der Waals surface area contributed by atoms with E-state index >= 15 is 0 Å². The van der Waals surface area contributed by atoms with Crippen molar-refractivity contribution < 1.29 is 10.0 Å². The van der Waals surface area contributed by atoms with Crippen LogP contribution in [0.1, 0.15) is 28.3 Å². The fraction of sp³-hybridized carbons (Fsp3) is 0.545. The van der Waals surface area contributed by atoms with Gasteiger partial charge in [-0.3, -0.25) is 4.79 Å². The molecule has 2 heterocycles. The number of likely N-dealkylation sites (tertiary alicyclic amines) is 1. The van der Waals surface area contributed by atoms with E-state index in [4.69, 9.17) is 10.9 Å². The van der Waals surface area contributed by atoms with Gasteiger partial charge in [-0.1, -0.05) is 5.16 Å². The van der Waals surface area contributed by atoms with Gasteiger partial charge in [0.2, 0.25) is 0 Å². The van der Waals surface area contributed by atoms with E-state index < -0.39 is 0 Å². The summed E-state index contributed by atoms with van der Waals surface area (Å²) in [4.78, 5) is 18.1. The minimum absolute atomic E-state index is 0.0626. The highest BCUT2D eigenvalue weighted by atomic mass is 32.1. The van der Waals surface area contributed by atoms with Crippen LogP contribution in [0.3, 0.4) is 0 Å². The van der Waals surface area contributed by atoms with Crippen LogP contribution >= 0.6 is 11.3 Å². The first-order chi connectivity index (χ1) is 8.61. The van der Waals surface area contributed by atoms with Crippen LogP contribution in [0.4, 0.5) is 0 Å². The lowest BCUT2D eigenvalue weighted by molar-refractivity contribution is 0.0696. The van der Waals surface area contributed by atoms with Gasteiger partial charge >= 0.3 is 0 Å². The maximum atomic E-state index is 12.2. The zero-order chi connectivity index (χ0) is 13.1. The number of carbonyl (C=O) groups excluding carboxylic acids is 1. The Balaban J connectivity index is 2.07. The van der Waals surface area contributed by atoms with Crippen LogP contribution in [0, 0.1) is 12.8 Å². The first-order valence-electron chi connectivity index (χ1n) is 5.80. The first-order valence-corrected chi connectivity index (χ1v) is 6.68. The third kappa shape index (κ3) is 2.61. The van der Waals surface area contributed by atoms with Crippen LogP contribution in [0.25, 0.3) is 0 Å². The highest BCUT2D eigenvalue weighted by molar-refractivity contribution is 7.09. The smallest absolute Gasteiger partial charge is 0.273 e. The number of oxime groups is 1. The predicted octanol–water partition coefficient (Wildman–Crippen LogP) is 1.05. The molecule has 1 aliphatic heterocycles. The van der Waals surface area contributed by atoms with E-state index in [1.807, 2.05) is 6.92 Å². The average molecular weight is 268 g/mol. The van der Waals surface area contributed by atoms with Crippen molar-refractivity contribution in [2.75, 3.05) is 13.1 Å². The number of amides is 1. The molecular formula is C11H16N4O2S. The molecule has 0 radical (unpaired) electrons. The summed E-state index contributed by atoms with van der Waals surface area (Å²) in [6.45, 7) is 3.06. The molecular weight excluding hydrogens is 252 g/mol. The zero-order valence-corrected chi connectivity index (χ0v) is 11.0. The van der Waals surface area contributed by atoms with Gasteiger partial charge in [-0.25, -0.2) is 4.98 Å². The molecule has 3 N–H and O–H groups in total.